The van der Waals surface area contributed by atoms with Gasteiger partial charge in [-0.1, -0.05) is 0 Å². The van der Waals surface area contributed by atoms with Crippen molar-refractivity contribution < 1.29 is 4.74 Å². The van der Waals surface area contributed by atoms with Gasteiger partial charge in [0.15, 0.2) is 0 Å². The Labute approximate surface area is 126 Å². The standard InChI is InChI=1S/C14H17N7O/c1-22-7-11-5-13(21-14(19-11)15-8-17-21)18-10-2-3-12-9(4-10)6-16-20-12/h5-6,8,10,18H,2-4,7H2,1H3,(H,16,20). The van der Waals surface area contributed by atoms with E-state index in [0.29, 0.717) is 18.4 Å². The van der Waals surface area contributed by atoms with E-state index in [4.69, 9.17) is 4.74 Å². The molecule has 1 unspecified atom stereocenters. The maximum Gasteiger partial charge on any atom is 0.254 e. The van der Waals surface area contributed by atoms with E-state index in [1.54, 1.807) is 11.6 Å². The number of fused-ring (bicyclic) bond motifs is 2. The van der Waals surface area contributed by atoms with Crippen molar-refractivity contribution in [1.82, 2.24) is 29.8 Å². The number of aromatic amines is 1. The summed E-state index contributed by atoms with van der Waals surface area (Å²) < 4.78 is 6.90. The van der Waals surface area contributed by atoms with Crippen LogP contribution in [0.4, 0.5) is 5.82 Å². The zero-order valence-electron chi connectivity index (χ0n) is 12.3. The maximum atomic E-state index is 5.17. The largest absolute Gasteiger partial charge is 0.378 e. The molecule has 8 nitrogen and oxygen atoms in total. The van der Waals surface area contributed by atoms with Gasteiger partial charge in [0.05, 0.1) is 18.5 Å². The number of nitrogens with zero attached hydrogens (tertiary/aromatic N) is 5. The van der Waals surface area contributed by atoms with E-state index < -0.39 is 0 Å². The third kappa shape index (κ3) is 2.31. The highest BCUT2D eigenvalue weighted by atomic mass is 16.5. The monoisotopic (exact) mass is 299 g/mol. The SMILES string of the molecule is COCc1cc(NC2CCc3[nH]ncc3C2)n2ncnc2n1. The van der Waals surface area contributed by atoms with Crippen molar-refractivity contribution in [2.45, 2.75) is 31.9 Å². The number of rotatable bonds is 4. The summed E-state index contributed by atoms with van der Waals surface area (Å²) in [5.74, 6) is 1.48. The molecule has 1 aliphatic carbocycles. The molecule has 22 heavy (non-hydrogen) atoms. The van der Waals surface area contributed by atoms with Crippen molar-refractivity contribution in [2.24, 2.45) is 0 Å². The van der Waals surface area contributed by atoms with Crippen LogP contribution in [0.15, 0.2) is 18.6 Å². The molecule has 4 rings (SSSR count). The fourth-order valence-corrected chi connectivity index (χ4v) is 2.93. The van der Waals surface area contributed by atoms with Gasteiger partial charge in [0.1, 0.15) is 12.1 Å². The van der Waals surface area contributed by atoms with E-state index in [-0.39, 0.29) is 0 Å². The number of nitrogens with one attached hydrogen (secondary N) is 2. The van der Waals surface area contributed by atoms with Crippen LogP contribution in [0.5, 0.6) is 0 Å². The van der Waals surface area contributed by atoms with Gasteiger partial charge in [-0.05, 0) is 24.8 Å². The van der Waals surface area contributed by atoms with Crippen LogP contribution in [0.3, 0.4) is 0 Å². The minimum atomic E-state index is 0.343. The lowest BCUT2D eigenvalue weighted by Gasteiger charge is -2.24. The molecule has 0 saturated heterocycles. The van der Waals surface area contributed by atoms with Crippen LogP contribution in [0, 0.1) is 0 Å². The quantitative estimate of drug-likeness (QED) is 0.745. The van der Waals surface area contributed by atoms with Crippen molar-refractivity contribution in [3.63, 3.8) is 0 Å². The Bertz CT molecular complexity index is 793. The first-order valence-electron chi connectivity index (χ1n) is 7.30. The molecule has 0 aromatic carbocycles. The van der Waals surface area contributed by atoms with Crippen molar-refractivity contribution in [3.8, 4) is 0 Å². The van der Waals surface area contributed by atoms with E-state index in [2.05, 4.69) is 30.6 Å². The lowest BCUT2D eigenvalue weighted by Crippen LogP contribution is -2.28. The highest BCUT2D eigenvalue weighted by Gasteiger charge is 2.21. The molecule has 1 aliphatic rings. The summed E-state index contributed by atoms with van der Waals surface area (Å²) in [6.07, 6.45) is 6.43. The average molecular weight is 299 g/mol. The smallest absolute Gasteiger partial charge is 0.254 e. The molecule has 114 valence electrons. The van der Waals surface area contributed by atoms with E-state index in [9.17, 15) is 0 Å². The first kappa shape index (κ1) is 13.2. The van der Waals surface area contributed by atoms with E-state index in [1.165, 1.54) is 17.6 Å². The minimum absolute atomic E-state index is 0.343. The first-order chi connectivity index (χ1) is 10.8. The number of methoxy groups -OCH3 is 1. The number of aryl methyl sites for hydroxylation is 1. The van der Waals surface area contributed by atoms with Crippen LogP contribution in [-0.4, -0.2) is 42.9 Å². The Kier molecular flexibility index (Phi) is 3.23. The molecule has 0 fully saturated rings. The zero-order valence-corrected chi connectivity index (χ0v) is 12.3. The second-order valence-corrected chi connectivity index (χ2v) is 5.50. The van der Waals surface area contributed by atoms with Gasteiger partial charge in [0.25, 0.3) is 5.78 Å². The Morgan fingerprint density at radius 1 is 1.50 bits per heavy atom. The van der Waals surface area contributed by atoms with Gasteiger partial charge in [0, 0.05) is 24.9 Å². The Hall–Kier alpha value is -2.48. The molecule has 3 heterocycles. The van der Waals surface area contributed by atoms with Crippen molar-refractivity contribution >= 4 is 11.6 Å². The zero-order chi connectivity index (χ0) is 14.9. The molecule has 0 radical (unpaired) electrons. The molecule has 0 bridgehead atoms. The summed E-state index contributed by atoms with van der Waals surface area (Å²) in [5, 5.41) is 15.0. The summed E-state index contributed by atoms with van der Waals surface area (Å²) in [6.45, 7) is 0.453. The summed E-state index contributed by atoms with van der Waals surface area (Å²) in [5.41, 5.74) is 3.37. The average Bonchev–Trinajstić information content (AvgIpc) is 3.15. The predicted molar refractivity (Wildman–Crippen MR) is 79.5 cm³/mol. The molecule has 3 aromatic rings. The molecule has 0 aliphatic heterocycles. The van der Waals surface area contributed by atoms with Crippen LogP contribution in [0.25, 0.3) is 5.78 Å². The number of hydrogen-bond donors (Lipinski definition) is 2. The first-order valence-corrected chi connectivity index (χ1v) is 7.30. The third-order valence-electron chi connectivity index (χ3n) is 3.97. The fraction of sp³-hybridized carbons (Fsp3) is 0.429. The molecule has 8 heteroatoms. The fourth-order valence-electron chi connectivity index (χ4n) is 2.93. The van der Waals surface area contributed by atoms with Gasteiger partial charge in [-0.25, -0.2) is 4.98 Å². The van der Waals surface area contributed by atoms with Crippen molar-refractivity contribution in [1.29, 1.82) is 0 Å². The van der Waals surface area contributed by atoms with Gasteiger partial charge in [-0.3, -0.25) is 5.10 Å². The maximum absolute atomic E-state index is 5.17. The van der Waals surface area contributed by atoms with E-state index in [1.807, 2.05) is 12.3 Å². The molecular weight excluding hydrogens is 282 g/mol. The Balaban J connectivity index is 1.62. The Morgan fingerprint density at radius 2 is 2.45 bits per heavy atom. The van der Waals surface area contributed by atoms with Crippen LogP contribution in [0.2, 0.25) is 0 Å². The lowest BCUT2D eigenvalue weighted by molar-refractivity contribution is 0.181. The van der Waals surface area contributed by atoms with Gasteiger partial charge >= 0.3 is 0 Å². The summed E-state index contributed by atoms with van der Waals surface area (Å²) >= 11 is 0. The van der Waals surface area contributed by atoms with Crippen molar-refractivity contribution in [3.05, 3.63) is 35.5 Å². The number of anilines is 1. The molecular formula is C14H17N7O. The van der Waals surface area contributed by atoms with Crippen LogP contribution in [-0.2, 0) is 24.2 Å². The predicted octanol–water partition coefficient (Wildman–Crippen LogP) is 0.963. The number of ether oxygens (including phenoxy) is 1. The topological polar surface area (TPSA) is 93.0 Å². The summed E-state index contributed by atoms with van der Waals surface area (Å²) in [6, 6.07) is 2.31. The van der Waals surface area contributed by atoms with Gasteiger partial charge in [0.2, 0.25) is 0 Å². The number of H-pyrrole nitrogens is 1. The highest BCUT2D eigenvalue weighted by Crippen LogP contribution is 2.22. The number of hydrogen-bond acceptors (Lipinski definition) is 6. The van der Waals surface area contributed by atoms with Gasteiger partial charge < -0.3 is 10.1 Å². The third-order valence-corrected chi connectivity index (χ3v) is 3.97. The highest BCUT2D eigenvalue weighted by molar-refractivity contribution is 5.46. The molecule has 2 N–H and O–H groups in total. The van der Waals surface area contributed by atoms with Gasteiger partial charge in [-0.2, -0.15) is 19.7 Å². The summed E-state index contributed by atoms with van der Waals surface area (Å²) in [7, 11) is 1.66. The lowest BCUT2D eigenvalue weighted by atomic mass is 9.93. The van der Waals surface area contributed by atoms with Crippen LogP contribution in [0.1, 0.15) is 23.4 Å². The van der Waals surface area contributed by atoms with Crippen LogP contribution >= 0.6 is 0 Å². The molecule has 0 saturated carbocycles. The van der Waals surface area contributed by atoms with Crippen LogP contribution < -0.4 is 5.32 Å². The second-order valence-electron chi connectivity index (χ2n) is 5.50. The minimum Gasteiger partial charge on any atom is -0.378 e. The van der Waals surface area contributed by atoms with Crippen molar-refractivity contribution in [2.75, 3.05) is 12.4 Å². The molecule has 0 amide bonds. The number of aromatic nitrogens is 6. The van der Waals surface area contributed by atoms with E-state index in [0.717, 1.165) is 30.8 Å². The Morgan fingerprint density at radius 3 is 3.36 bits per heavy atom. The molecule has 0 spiro atoms. The van der Waals surface area contributed by atoms with Gasteiger partial charge in [-0.15, -0.1) is 0 Å². The molecule has 1 atom stereocenters. The normalized spacial score (nSPS) is 17.6. The van der Waals surface area contributed by atoms with E-state index >= 15 is 0 Å². The molecule has 3 aromatic heterocycles. The summed E-state index contributed by atoms with van der Waals surface area (Å²) in [4.78, 5) is 8.59. The second kappa shape index (κ2) is 5.38.